The van der Waals surface area contributed by atoms with Gasteiger partial charge in [0.25, 0.3) is 0 Å². The van der Waals surface area contributed by atoms with Crippen molar-refractivity contribution in [2.75, 3.05) is 11.6 Å². The predicted molar refractivity (Wildman–Crippen MR) is 108 cm³/mol. The molecule has 0 spiro atoms. The first-order valence-electron chi connectivity index (χ1n) is 9.59. The molecule has 3 aromatic rings. The van der Waals surface area contributed by atoms with Crippen LogP contribution in [0.15, 0.2) is 35.5 Å². The van der Waals surface area contributed by atoms with Gasteiger partial charge in [-0.2, -0.15) is 0 Å². The first-order valence-corrected chi connectivity index (χ1v) is 10.8. The summed E-state index contributed by atoms with van der Waals surface area (Å²) in [6, 6.07) is 10.0. The third-order valence-electron chi connectivity index (χ3n) is 5.76. The SMILES string of the molecule is CSc1nc(NC2CC2c2ccccc2)c2nnn(C3CC(O)C(O)C3O)c2n1. The fraction of sp³-hybridized carbons (Fsp3) is 0.474. The summed E-state index contributed by atoms with van der Waals surface area (Å²) in [6.07, 6.45) is -0.270. The summed E-state index contributed by atoms with van der Waals surface area (Å²) < 4.78 is 1.49. The highest BCUT2D eigenvalue weighted by Gasteiger charge is 2.43. The molecule has 2 aliphatic carbocycles. The number of nitrogens with zero attached hydrogens (tertiary/aromatic N) is 5. The van der Waals surface area contributed by atoms with Crippen LogP contribution in [-0.2, 0) is 0 Å². The van der Waals surface area contributed by atoms with E-state index in [1.165, 1.54) is 22.0 Å². The van der Waals surface area contributed by atoms with Crippen LogP contribution in [0.4, 0.5) is 5.82 Å². The quantitative estimate of drug-likeness (QED) is 0.356. The number of hydrogen-bond acceptors (Lipinski definition) is 9. The Morgan fingerprint density at radius 1 is 1.07 bits per heavy atom. The van der Waals surface area contributed by atoms with Crippen molar-refractivity contribution in [1.82, 2.24) is 25.0 Å². The first-order chi connectivity index (χ1) is 14.1. The van der Waals surface area contributed by atoms with Gasteiger partial charge in [-0.05, 0) is 18.2 Å². The summed E-state index contributed by atoms with van der Waals surface area (Å²) in [5, 5.41) is 42.6. The molecule has 29 heavy (non-hydrogen) atoms. The van der Waals surface area contributed by atoms with Crippen molar-refractivity contribution < 1.29 is 15.3 Å². The maximum atomic E-state index is 10.3. The monoisotopic (exact) mass is 414 g/mol. The molecule has 0 amide bonds. The molecule has 0 saturated heterocycles. The minimum absolute atomic E-state index is 0.181. The van der Waals surface area contributed by atoms with Gasteiger partial charge >= 0.3 is 0 Å². The van der Waals surface area contributed by atoms with Gasteiger partial charge < -0.3 is 20.6 Å². The number of benzene rings is 1. The maximum Gasteiger partial charge on any atom is 0.191 e. The molecule has 2 saturated carbocycles. The molecule has 6 atom stereocenters. The second kappa shape index (κ2) is 7.21. The fourth-order valence-electron chi connectivity index (χ4n) is 4.05. The van der Waals surface area contributed by atoms with E-state index in [4.69, 9.17) is 0 Å². The lowest BCUT2D eigenvalue weighted by molar-refractivity contribution is -0.0253. The molecule has 0 radical (unpaired) electrons. The predicted octanol–water partition coefficient (Wildman–Crippen LogP) is 0.939. The highest BCUT2D eigenvalue weighted by Crippen LogP contribution is 2.43. The first kappa shape index (κ1) is 18.7. The molecule has 2 aliphatic rings. The van der Waals surface area contributed by atoms with E-state index in [9.17, 15) is 15.3 Å². The Labute approximate surface area is 171 Å². The molecule has 0 aliphatic heterocycles. The highest BCUT2D eigenvalue weighted by atomic mass is 32.2. The molecule has 4 N–H and O–H groups in total. The Morgan fingerprint density at radius 3 is 2.55 bits per heavy atom. The lowest BCUT2D eigenvalue weighted by Gasteiger charge is -2.16. The summed E-state index contributed by atoms with van der Waals surface area (Å²) in [5.74, 6) is 1.04. The number of rotatable bonds is 5. The van der Waals surface area contributed by atoms with Gasteiger partial charge in [-0.3, -0.25) is 0 Å². The van der Waals surface area contributed by atoms with Crippen LogP contribution in [0.5, 0.6) is 0 Å². The van der Waals surface area contributed by atoms with Gasteiger partial charge in [-0.25, -0.2) is 14.6 Å². The summed E-state index contributed by atoms with van der Waals surface area (Å²) in [7, 11) is 0. The van der Waals surface area contributed by atoms with Gasteiger partial charge in [0.15, 0.2) is 22.1 Å². The van der Waals surface area contributed by atoms with E-state index in [-0.39, 0.29) is 12.5 Å². The average molecular weight is 414 g/mol. The second-order valence-electron chi connectivity index (χ2n) is 7.62. The normalized spacial score (nSPS) is 31.3. The second-order valence-corrected chi connectivity index (χ2v) is 8.39. The van der Waals surface area contributed by atoms with Crippen LogP contribution >= 0.6 is 11.8 Å². The Bertz CT molecular complexity index is 1030. The van der Waals surface area contributed by atoms with Gasteiger partial charge in [0.2, 0.25) is 0 Å². The molecular weight excluding hydrogens is 392 g/mol. The zero-order valence-electron chi connectivity index (χ0n) is 15.8. The topological polar surface area (TPSA) is 129 Å². The molecule has 1 aromatic carbocycles. The van der Waals surface area contributed by atoms with Gasteiger partial charge in [-0.1, -0.05) is 47.3 Å². The van der Waals surface area contributed by atoms with Crippen LogP contribution in [0.2, 0.25) is 0 Å². The number of fused-ring (bicyclic) bond motifs is 1. The number of thioether (sulfide) groups is 1. The molecule has 5 rings (SSSR count). The number of anilines is 1. The zero-order valence-corrected chi connectivity index (χ0v) is 16.6. The lowest BCUT2D eigenvalue weighted by atomic mass is 10.1. The maximum absolute atomic E-state index is 10.3. The number of aliphatic hydroxyl groups excluding tert-OH is 3. The largest absolute Gasteiger partial charge is 0.390 e. The number of aliphatic hydroxyl groups is 3. The van der Waals surface area contributed by atoms with Crippen LogP contribution < -0.4 is 5.32 Å². The standard InChI is InChI=1S/C19H22N6O3S/c1-29-19-21-17(20-11-7-10(11)9-5-3-2-4-6-9)14-18(22-19)25(24-23-14)12-8-13(26)16(28)15(12)27/h2-6,10-13,15-16,26-28H,7-8H2,1H3,(H,20,21,22). The summed E-state index contributed by atoms with van der Waals surface area (Å²) in [6.45, 7) is 0. The van der Waals surface area contributed by atoms with Crippen molar-refractivity contribution in [3.8, 4) is 0 Å². The van der Waals surface area contributed by atoms with Crippen LogP contribution in [-0.4, -0.2) is 70.9 Å². The van der Waals surface area contributed by atoms with Gasteiger partial charge in [0.05, 0.1) is 12.1 Å². The Hall–Kier alpha value is -2.27. The molecular formula is C19H22N6O3S. The summed E-state index contributed by atoms with van der Waals surface area (Å²) >= 11 is 1.41. The van der Waals surface area contributed by atoms with E-state index >= 15 is 0 Å². The summed E-state index contributed by atoms with van der Waals surface area (Å²) in [4.78, 5) is 9.10. The molecule has 6 unspecified atom stereocenters. The zero-order chi connectivity index (χ0) is 20.1. The van der Waals surface area contributed by atoms with E-state index in [2.05, 4.69) is 37.7 Å². The van der Waals surface area contributed by atoms with E-state index in [0.717, 1.165) is 6.42 Å². The average Bonchev–Trinajstić information content (AvgIpc) is 3.31. The van der Waals surface area contributed by atoms with Crippen molar-refractivity contribution in [2.24, 2.45) is 0 Å². The summed E-state index contributed by atoms with van der Waals surface area (Å²) in [5.41, 5.74) is 2.29. The highest BCUT2D eigenvalue weighted by molar-refractivity contribution is 7.98. The Kier molecular flexibility index (Phi) is 4.66. The Morgan fingerprint density at radius 2 is 1.86 bits per heavy atom. The third-order valence-corrected chi connectivity index (χ3v) is 6.31. The number of aromatic nitrogens is 5. The van der Waals surface area contributed by atoms with Crippen LogP contribution in [0.3, 0.4) is 0 Å². The van der Waals surface area contributed by atoms with E-state index in [1.54, 1.807) is 0 Å². The minimum atomic E-state index is -1.21. The van der Waals surface area contributed by atoms with Crippen LogP contribution in [0.1, 0.15) is 30.4 Å². The van der Waals surface area contributed by atoms with E-state index in [1.807, 2.05) is 24.5 Å². The minimum Gasteiger partial charge on any atom is -0.390 e. The number of nitrogens with one attached hydrogen (secondary N) is 1. The van der Waals surface area contributed by atoms with Gasteiger partial charge in [0.1, 0.15) is 12.2 Å². The smallest absolute Gasteiger partial charge is 0.191 e. The molecule has 152 valence electrons. The molecule has 0 bridgehead atoms. The van der Waals surface area contributed by atoms with Crippen LogP contribution in [0, 0.1) is 0 Å². The van der Waals surface area contributed by atoms with Crippen molar-refractivity contribution >= 4 is 28.7 Å². The Balaban J connectivity index is 1.47. The van der Waals surface area contributed by atoms with E-state index in [0.29, 0.717) is 28.1 Å². The fourth-order valence-corrected chi connectivity index (χ4v) is 4.41. The molecule has 2 fully saturated rings. The van der Waals surface area contributed by atoms with E-state index < -0.39 is 24.4 Å². The molecule has 9 nitrogen and oxygen atoms in total. The van der Waals surface area contributed by atoms with Crippen molar-refractivity contribution in [3.05, 3.63) is 35.9 Å². The van der Waals surface area contributed by atoms with Crippen LogP contribution in [0.25, 0.3) is 11.2 Å². The molecule has 10 heteroatoms. The molecule has 2 aromatic heterocycles. The third kappa shape index (κ3) is 3.25. The van der Waals surface area contributed by atoms with Crippen molar-refractivity contribution in [3.63, 3.8) is 0 Å². The molecule has 2 heterocycles. The van der Waals surface area contributed by atoms with Gasteiger partial charge in [0, 0.05) is 18.4 Å². The van der Waals surface area contributed by atoms with Crippen molar-refractivity contribution in [1.29, 1.82) is 0 Å². The van der Waals surface area contributed by atoms with Gasteiger partial charge in [-0.15, -0.1) is 5.10 Å². The van der Waals surface area contributed by atoms with Crippen molar-refractivity contribution in [2.45, 2.75) is 54.3 Å². The number of hydrogen-bond donors (Lipinski definition) is 4. The lowest BCUT2D eigenvalue weighted by Crippen LogP contribution is -2.31.